The van der Waals surface area contributed by atoms with E-state index < -0.39 is 5.60 Å². The Hall–Kier alpha value is -1.48. The highest BCUT2D eigenvalue weighted by Crippen LogP contribution is 2.11. The summed E-state index contributed by atoms with van der Waals surface area (Å²) in [6.07, 6.45) is 1.38. The summed E-state index contributed by atoms with van der Waals surface area (Å²) >= 11 is 0. The van der Waals surface area contributed by atoms with Gasteiger partial charge in [0.05, 0.1) is 0 Å². The number of hydrogen-bond acceptors (Lipinski definition) is 3. The Morgan fingerprint density at radius 3 is 1.78 bits per heavy atom. The predicted octanol–water partition coefficient (Wildman–Crippen LogP) is 3.02. The summed E-state index contributed by atoms with van der Waals surface area (Å²) in [5.41, 5.74) is -0.730. The molecule has 3 heteroatoms. The first-order valence-electron chi connectivity index (χ1n) is 6.16. The van der Waals surface area contributed by atoms with E-state index in [9.17, 15) is 14.7 Å². The molecule has 0 amide bonds. The zero-order valence-electron chi connectivity index (χ0n) is 11.6. The van der Waals surface area contributed by atoms with Crippen molar-refractivity contribution in [2.24, 2.45) is 0 Å². The number of aliphatic hydroxyl groups is 1. The lowest BCUT2D eigenvalue weighted by Crippen LogP contribution is -2.30. The molecule has 0 aliphatic carbocycles. The number of carbonyl (C=O) groups is 2. The first-order valence-corrected chi connectivity index (χ1v) is 6.16. The van der Waals surface area contributed by atoms with Gasteiger partial charge in [-0.05, 0) is 13.8 Å². The maximum absolute atomic E-state index is 11.4. The van der Waals surface area contributed by atoms with Crippen LogP contribution in [0.1, 0.15) is 50.9 Å². The van der Waals surface area contributed by atoms with Crippen molar-refractivity contribution in [2.75, 3.05) is 0 Å². The molecule has 100 valence electrons. The molecule has 0 aromatic heterocycles. The van der Waals surface area contributed by atoms with Gasteiger partial charge in [0.25, 0.3) is 0 Å². The van der Waals surface area contributed by atoms with Gasteiger partial charge in [-0.15, -0.1) is 0 Å². The van der Waals surface area contributed by atoms with Crippen LogP contribution in [-0.2, 0) is 4.79 Å². The predicted molar refractivity (Wildman–Crippen MR) is 72.7 cm³/mol. The van der Waals surface area contributed by atoms with Gasteiger partial charge >= 0.3 is 0 Å². The Morgan fingerprint density at radius 1 is 1.06 bits per heavy atom. The molecule has 0 aliphatic heterocycles. The van der Waals surface area contributed by atoms with E-state index in [1.807, 2.05) is 19.9 Å². The number of ketones is 2. The molecule has 3 nitrogen and oxygen atoms in total. The van der Waals surface area contributed by atoms with Crippen molar-refractivity contribution in [2.45, 2.75) is 46.1 Å². The van der Waals surface area contributed by atoms with Gasteiger partial charge in [0.1, 0.15) is 11.4 Å². The number of carbonyl (C=O) groups excluding carboxylic acids is 2. The van der Waals surface area contributed by atoms with Crippen molar-refractivity contribution in [1.82, 2.24) is 0 Å². The Morgan fingerprint density at radius 2 is 1.50 bits per heavy atom. The molecule has 0 spiro atoms. The number of benzene rings is 1. The van der Waals surface area contributed by atoms with Crippen LogP contribution in [0, 0.1) is 0 Å². The summed E-state index contributed by atoms with van der Waals surface area (Å²) in [6.45, 7) is 6.74. The fourth-order valence-electron chi connectivity index (χ4n) is 1.19. The van der Waals surface area contributed by atoms with E-state index >= 15 is 0 Å². The van der Waals surface area contributed by atoms with Crippen LogP contribution in [0.15, 0.2) is 30.3 Å². The van der Waals surface area contributed by atoms with E-state index in [1.165, 1.54) is 13.8 Å². The van der Waals surface area contributed by atoms with Gasteiger partial charge in [0.2, 0.25) is 0 Å². The largest absolute Gasteiger partial charge is 0.382 e. The Bertz CT molecular complexity index is 368. The van der Waals surface area contributed by atoms with Crippen LogP contribution in [0.25, 0.3) is 0 Å². The van der Waals surface area contributed by atoms with Crippen LogP contribution < -0.4 is 0 Å². The average molecular weight is 250 g/mol. The SMILES string of the molecule is CC(C)(O)C(=O)c1ccccc1.CCC(=O)CC. The van der Waals surface area contributed by atoms with E-state index in [4.69, 9.17) is 0 Å². The summed E-state index contributed by atoms with van der Waals surface area (Å²) in [5.74, 6) is 0.0955. The van der Waals surface area contributed by atoms with Crippen LogP contribution in [0.2, 0.25) is 0 Å². The summed E-state index contributed by atoms with van der Waals surface area (Å²) in [4.78, 5) is 21.6. The quantitative estimate of drug-likeness (QED) is 0.836. The zero-order chi connectivity index (χ0) is 14.2. The summed E-state index contributed by atoms with van der Waals surface area (Å²) < 4.78 is 0. The number of rotatable bonds is 4. The molecule has 0 saturated carbocycles. The molecule has 1 rings (SSSR count). The molecule has 1 aromatic carbocycles. The third-order valence-corrected chi connectivity index (χ3v) is 2.38. The van der Waals surface area contributed by atoms with Crippen molar-refractivity contribution in [3.05, 3.63) is 35.9 Å². The minimum absolute atomic E-state index is 0.247. The molecular formula is C15H22O3. The van der Waals surface area contributed by atoms with Crippen molar-refractivity contribution in [3.63, 3.8) is 0 Å². The Kier molecular flexibility index (Phi) is 7.13. The maximum Gasteiger partial charge on any atom is 0.193 e. The van der Waals surface area contributed by atoms with Gasteiger partial charge in [-0.3, -0.25) is 9.59 Å². The molecule has 0 atom stereocenters. The van der Waals surface area contributed by atoms with Crippen molar-refractivity contribution < 1.29 is 14.7 Å². The van der Waals surface area contributed by atoms with Crippen LogP contribution in [0.5, 0.6) is 0 Å². The maximum atomic E-state index is 11.4. The second-order valence-corrected chi connectivity index (χ2v) is 4.50. The second kappa shape index (κ2) is 7.77. The summed E-state index contributed by atoms with van der Waals surface area (Å²) in [7, 11) is 0. The molecule has 1 aromatic rings. The molecule has 0 fully saturated rings. The van der Waals surface area contributed by atoms with Gasteiger partial charge in [-0.25, -0.2) is 0 Å². The van der Waals surface area contributed by atoms with Gasteiger partial charge in [0, 0.05) is 18.4 Å². The third kappa shape index (κ3) is 6.30. The van der Waals surface area contributed by atoms with E-state index in [0.29, 0.717) is 24.2 Å². The van der Waals surface area contributed by atoms with E-state index in [2.05, 4.69) is 0 Å². The molecule has 1 N–H and O–H groups in total. The highest BCUT2D eigenvalue weighted by Gasteiger charge is 2.24. The molecule has 0 radical (unpaired) electrons. The molecule has 18 heavy (non-hydrogen) atoms. The lowest BCUT2D eigenvalue weighted by Gasteiger charge is -2.14. The Balaban J connectivity index is 0.000000411. The van der Waals surface area contributed by atoms with E-state index in [1.54, 1.807) is 24.3 Å². The smallest absolute Gasteiger partial charge is 0.193 e. The first-order chi connectivity index (χ1) is 8.32. The molecule has 0 saturated heterocycles. The summed E-state index contributed by atoms with van der Waals surface area (Å²) in [5, 5.41) is 9.39. The lowest BCUT2D eigenvalue weighted by atomic mass is 9.97. The van der Waals surface area contributed by atoms with E-state index in [-0.39, 0.29) is 5.78 Å². The average Bonchev–Trinajstić information content (AvgIpc) is 2.37. The monoisotopic (exact) mass is 250 g/mol. The normalized spacial score (nSPS) is 10.3. The topological polar surface area (TPSA) is 54.4 Å². The highest BCUT2D eigenvalue weighted by molar-refractivity contribution is 6.01. The van der Waals surface area contributed by atoms with Crippen LogP contribution in [-0.4, -0.2) is 22.3 Å². The standard InChI is InChI=1S/C10H12O2.C5H10O/c1-10(2,12)9(11)8-6-4-3-5-7-8;1-3-5(6)4-2/h3-7,12H,1-2H3;3-4H2,1-2H3. The fraction of sp³-hybridized carbons (Fsp3) is 0.467. The molecule has 0 bridgehead atoms. The zero-order valence-corrected chi connectivity index (χ0v) is 11.6. The minimum atomic E-state index is -1.28. The van der Waals surface area contributed by atoms with Gasteiger partial charge < -0.3 is 5.11 Å². The summed E-state index contributed by atoms with van der Waals surface area (Å²) in [6, 6.07) is 8.78. The van der Waals surface area contributed by atoms with Crippen LogP contribution >= 0.6 is 0 Å². The molecule has 0 unspecified atom stereocenters. The van der Waals surface area contributed by atoms with Gasteiger partial charge in [0.15, 0.2) is 5.78 Å². The van der Waals surface area contributed by atoms with E-state index in [0.717, 1.165) is 0 Å². The van der Waals surface area contributed by atoms with Crippen molar-refractivity contribution in [3.8, 4) is 0 Å². The Labute approximate surface area is 109 Å². The van der Waals surface area contributed by atoms with Crippen LogP contribution in [0.3, 0.4) is 0 Å². The van der Waals surface area contributed by atoms with Crippen molar-refractivity contribution in [1.29, 1.82) is 0 Å². The molecule has 0 heterocycles. The van der Waals surface area contributed by atoms with Gasteiger partial charge in [-0.1, -0.05) is 44.2 Å². The van der Waals surface area contributed by atoms with Crippen molar-refractivity contribution >= 4 is 11.6 Å². The fourth-order valence-corrected chi connectivity index (χ4v) is 1.19. The third-order valence-electron chi connectivity index (χ3n) is 2.38. The lowest BCUT2D eigenvalue weighted by molar-refractivity contribution is -0.118. The van der Waals surface area contributed by atoms with Crippen LogP contribution in [0.4, 0.5) is 0 Å². The van der Waals surface area contributed by atoms with Gasteiger partial charge in [-0.2, -0.15) is 0 Å². The molecular weight excluding hydrogens is 228 g/mol. The molecule has 0 aliphatic rings. The number of hydrogen-bond donors (Lipinski definition) is 1. The first kappa shape index (κ1) is 16.5. The number of Topliss-reactive ketones (excluding diaryl/α,β-unsaturated/α-hetero) is 2. The second-order valence-electron chi connectivity index (χ2n) is 4.50. The minimum Gasteiger partial charge on any atom is -0.382 e. The highest BCUT2D eigenvalue weighted by atomic mass is 16.3.